The van der Waals surface area contributed by atoms with Crippen LogP contribution in [0.2, 0.25) is 0 Å². The van der Waals surface area contributed by atoms with Gasteiger partial charge in [0.05, 0.1) is 13.7 Å². The van der Waals surface area contributed by atoms with E-state index in [0.29, 0.717) is 6.54 Å². The van der Waals surface area contributed by atoms with E-state index in [1.807, 2.05) is 36.4 Å². The molecule has 21 heavy (non-hydrogen) atoms. The molecule has 0 saturated heterocycles. The first kappa shape index (κ1) is 15.2. The second-order valence-electron chi connectivity index (χ2n) is 4.61. The van der Waals surface area contributed by atoms with Gasteiger partial charge in [-0.1, -0.05) is 24.3 Å². The van der Waals surface area contributed by atoms with Gasteiger partial charge in [-0.3, -0.25) is 15.3 Å². The third kappa shape index (κ3) is 3.49. The average Bonchev–Trinajstić information content (AvgIpc) is 2.54. The molecule has 0 radical (unpaired) electrons. The molecule has 0 fully saturated rings. The van der Waals surface area contributed by atoms with Gasteiger partial charge < -0.3 is 9.84 Å². The number of aliphatic hydroxyl groups excluding tert-OH is 1. The van der Waals surface area contributed by atoms with Crippen molar-refractivity contribution in [2.45, 2.75) is 12.6 Å². The summed E-state index contributed by atoms with van der Waals surface area (Å²) in [5.74, 6) is 0.0716. The predicted octanol–water partition coefficient (Wildman–Crippen LogP) is 0.804. The zero-order chi connectivity index (χ0) is 15.2. The van der Waals surface area contributed by atoms with Crippen LogP contribution in [0.25, 0.3) is 10.8 Å². The second-order valence-corrected chi connectivity index (χ2v) is 4.61. The molecule has 2 aromatic rings. The maximum Gasteiger partial charge on any atom is 0.262 e. The van der Waals surface area contributed by atoms with E-state index in [1.165, 1.54) is 5.48 Å². The topological polar surface area (TPSA) is 90.8 Å². The van der Waals surface area contributed by atoms with E-state index < -0.39 is 18.6 Å². The molecule has 0 aliphatic rings. The molecule has 1 amide bonds. The minimum Gasteiger partial charge on any atom is -0.496 e. The Morgan fingerprint density at radius 1 is 1.33 bits per heavy atom. The summed E-state index contributed by atoms with van der Waals surface area (Å²) < 4.78 is 5.37. The lowest BCUT2D eigenvalue weighted by Crippen LogP contribution is -2.45. The van der Waals surface area contributed by atoms with Gasteiger partial charge in [0.15, 0.2) is 0 Å². The molecule has 0 unspecified atom stereocenters. The number of hydrogen-bond acceptors (Lipinski definition) is 5. The van der Waals surface area contributed by atoms with Gasteiger partial charge in [0.25, 0.3) is 5.91 Å². The van der Waals surface area contributed by atoms with Gasteiger partial charge in [-0.15, -0.1) is 0 Å². The molecule has 4 N–H and O–H groups in total. The molecule has 0 spiro atoms. The summed E-state index contributed by atoms with van der Waals surface area (Å²) >= 11 is 0. The molecule has 112 valence electrons. The summed E-state index contributed by atoms with van der Waals surface area (Å²) in [5, 5.41) is 22.6. The number of fused-ring (bicyclic) bond motifs is 1. The van der Waals surface area contributed by atoms with Crippen LogP contribution in [0.5, 0.6) is 5.75 Å². The number of rotatable bonds is 6. The molecule has 2 aromatic carbocycles. The number of nitrogens with one attached hydrogen (secondary N) is 2. The Hall–Kier alpha value is -2.15. The fraction of sp³-hybridized carbons (Fsp3) is 0.267. The fourth-order valence-electron chi connectivity index (χ4n) is 2.16. The highest BCUT2D eigenvalue weighted by Gasteiger charge is 2.16. The van der Waals surface area contributed by atoms with E-state index in [0.717, 1.165) is 22.1 Å². The quantitative estimate of drug-likeness (QED) is 0.467. The van der Waals surface area contributed by atoms with Crippen molar-refractivity contribution < 1.29 is 19.8 Å². The van der Waals surface area contributed by atoms with E-state index in [2.05, 4.69) is 5.32 Å². The molecule has 6 nitrogen and oxygen atoms in total. The van der Waals surface area contributed by atoms with Crippen LogP contribution < -0.4 is 15.5 Å². The maximum atomic E-state index is 11.3. The smallest absolute Gasteiger partial charge is 0.262 e. The van der Waals surface area contributed by atoms with Crippen molar-refractivity contribution in [3.63, 3.8) is 0 Å². The average molecular weight is 290 g/mol. The number of benzene rings is 2. The Morgan fingerprint density at radius 3 is 2.76 bits per heavy atom. The number of carbonyl (C=O) groups excluding carboxylic acids is 1. The van der Waals surface area contributed by atoms with Crippen molar-refractivity contribution in [1.29, 1.82) is 0 Å². The minimum absolute atomic E-state index is 0.361. The van der Waals surface area contributed by atoms with Crippen molar-refractivity contribution >= 4 is 16.7 Å². The van der Waals surface area contributed by atoms with Gasteiger partial charge >= 0.3 is 0 Å². The number of amides is 1. The van der Waals surface area contributed by atoms with Gasteiger partial charge in [-0.2, -0.15) is 0 Å². The monoisotopic (exact) mass is 290 g/mol. The number of hydroxylamine groups is 1. The largest absolute Gasteiger partial charge is 0.496 e. The fourth-order valence-corrected chi connectivity index (χ4v) is 2.16. The second kappa shape index (κ2) is 7.03. The molecule has 6 heteroatoms. The molecule has 0 aromatic heterocycles. The molecular weight excluding hydrogens is 272 g/mol. The Morgan fingerprint density at radius 2 is 2.10 bits per heavy atom. The molecule has 0 aliphatic carbocycles. The summed E-state index contributed by atoms with van der Waals surface area (Å²) in [7, 11) is 1.61. The SMILES string of the molecule is COc1cc(CN[C@@H](CO)C(=O)NO)cc2ccccc12. The van der Waals surface area contributed by atoms with Crippen molar-refractivity contribution in [3.05, 3.63) is 42.0 Å². The van der Waals surface area contributed by atoms with Crippen LogP contribution in [0, 0.1) is 0 Å². The number of aliphatic hydroxyl groups is 1. The predicted molar refractivity (Wildman–Crippen MR) is 78.1 cm³/mol. The molecule has 0 saturated carbocycles. The van der Waals surface area contributed by atoms with Crippen LogP contribution in [0.4, 0.5) is 0 Å². The highest BCUT2D eigenvalue weighted by Crippen LogP contribution is 2.27. The van der Waals surface area contributed by atoms with E-state index in [4.69, 9.17) is 15.1 Å². The van der Waals surface area contributed by atoms with E-state index in [1.54, 1.807) is 7.11 Å². The molecular formula is C15H18N2O4. The van der Waals surface area contributed by atoms with E-state index in [9.17, 15) is 4.79 Å². The third-order valence-electron chi connectivity index (χ3n) is 3.27. The Balaban J connectivity index is 2.20. The van der Waals surface area contributed by atoms with E-state index >= 15 is 0 Å². The summed E-state index contributed by atoms with van der Waals surface area (Å²) in [4.78, 5) is 11.3. The molecule has 0 aliphatic heterocycles. The van der Waals surface area contributed by atoms with Gasteiger partial charge in [0, 0.05) is 11.9 Å². The van der Waals surface area contributed by atoms with Crippen LogP contribution >= 0.6 is 0 Å². The Labute approximate surface area is 122 Å². The summed E-state index contributed by atoms with van der Waals surface area (Å²) in [6, 6.07) is 10.8. The molecule has 1 atom stereocenters. The maximum absolute atomic E-state index is 11.3. The van der Waals surface area contributed by atoms with Gasteiger partial charge in [0.2, 0.25) is 0 Å². The van der Waals surface area contributed by atoms with Gasteiger partial charge in [0.1, 0.15) is 11.8 Å². The van der Waals surface area contributed by atoms with Crippen LogP contribution in [-0.4, -0.2) is 36.0 Å². The Kier molecular flexibility index (Phi) is 5.10. The first-order valence-electron chi connectivity index (χ1n) is 6.53. The standard InChI is InChI=1S/C15H18N2O4/c1-21-14-7-10(6-11-4-2-3-5-12(11)14)8-16-13(9-18)15(19)17-20/h2-7,13,16,18,20H,8-9H2,1H3,(H,17,19)/t13-/m0/s1. The first-order chi connectivity index (χ1) is 10.2. The molecule has 2 rings (SSSR count). The summed E-state index contributed by atoms with van der Waals surface area (Å²) in [6.45, 7) is -0.0447. The third-order valence-corrected chi connectivity index (χ3v) is 3.27. The number of hydrogen-bond donors (Lipinski definition) is 4. The number of carbonyl (C=O) groups is 1. The van der Waals surface area contributed by atoms with Crippen LogP contribution in [-0.2, 0) is 11.3 Å². The Bertz CT molecular complexity index is 630. The minimum atomic E-state index is -0.868. The van der Waals surface area contributed by atoms with Crippen LogP contribution in [0.15, 0.2) is 36.4 Å². The highest BCUT2D eigenvalue weighted by atomic mass is 16.5. The van der Waals surface area contributed by atoms with Crippen LogP contribution in [0.1, 0.15) is 5.56 Å². The van der Waals surface area contributed by atoms with Crippen LogP contribution in [0.3, 0.4) is 0 Å². The molecule has 0 bridgehead atoms. The van der Waals surface area contributed by atoms with E-state index in [-0.39, 0.29) is 0 Å². The number of methoxy groups -OCH3 is 1. The van der Waals surface area contributed by atoms with Gasteiger partial charge in [-0.25, -0.2) is 5.48 Å². The lowest BCUT2D eigenvalue weighted by atomic mass is 10.1. The summed E-state index contributed by atoms with van der Waals surface area (Å²) in [5.41, 5.74) is 2.43. The molecule has 0 heterocycles. The lowest BCUT2D eigenvalue weighted by Gasteiger charge is -2.15. The van der Waals surface area contributed by atoms with Crippen molar-refractivity contribution in [2.24, 2.45) is 0 Å². The summed E-state index contributed by atoms with van der Waals surface area (Å²) in [6.07, 6.45) is 0. The highest BCUT2D eigenvalue weighted by molar-refractivity contribution is 5.89. The number of ether oxygens (including phenoxy) is 1. The zero-order valence-electron chi connectivity index (χ0n) is 11.7. The lowest BCUT2D eigenvalue weighted by molar-refractivity contribution is -0.132. The zero-order valence-corrected chi connectivity index (χ0v) is 11.7. The van der Waals surface area contributed by atoms with Crippen molar-refractivity contribution in [3.8, 4) is 5.75 Å². The first-order valence-corrected chi connectivity index (χ1v) is 6.53. The normalized spacial score (nSPS) is 12.1. The van der Waals surface area contributed by atoms with Gasteiger partial charge in [-0.05, 0) is 23.1 Å². The van der Waals surface area contributed by atoms with Crippen molar-refractivity contribution in [2.75, 3.05) is 13.7 Å². The van der Waals surface area contributed by atoms with Crippen molar-refractivity contribution in [1.82, 2.24) is 10.8 Å².